The summed E-state index contributed by atoms with van der Waals surface area (Å²) in [6, 6.07) is 6.78. The van der Waals surface area contributed by atoms with Gasteiger partial charge in [-0.3, -0.25) is 0 Å². The Kier molecular flexibility index (Phi) is 5.46. The molecule has 0 radical (unpaired) electrons. The Hall–Kier alpha value is -1.44. The van der Waals surface area contributed by atoms with E-state index in [1.54, 1.807) is 12.1 Å². The molecule has 1 aromatic rings. The van der Waals surface area contributed by atoms with Crippen LogP contribution in [0.3, 0.4) is 0 Å². The summed E-state index contributed by atoms with van der Waals surface area (Å²) in [5, 5.41) is 12.0. The van der Waals surface area contributed by atoms with Gasteiger partial charge in [0.1, 0.15) is 11.9 Å². The van der Waals surface area contributed by atoms with Gasteiger partial charge in [0.15, 0.2) is 0 Å². The number of rotatable bonds is 6. The maximum Gasteiger partial charge on any atom is 0.145 e. The van der Waals surface area contributed by atoms with Gasteiger partial charge in [0.05, 0.1) is 5.56 Å². The lowest BCUT2D eigenvalue weighted by Crippen LogP contribution is -2.37. The van der Waals surface area contributed by atoms with E-state index in [1.807, 2.05) is 20.2 Å². The molecule has 0 saturated carbocycles. The predicted octanol–water partition coefficient (Wildman–Crippen LogP) is 2.37. The first-order valence-corrected chi connectivity index (χ1v) is 6.39. The van der Waals surface area contributed by atoms with Gasteiger partial charge in [0.25, 0.3) is 0 Å². The smallest absolute Gasteiger partial charge is 0.145 e. The lowest BCUT2D eigenvalue weighted by atomic mass is 9.93. The second-order valence-corrected chi connectivity index (χ2v) is 5.90. The minimum absolute atomic E-state index is 0.104. The molecule has 0 amide bonds. The van der Waals surface area contributed by atoms with Crippen LogP contribution in [0.25, 0.3) is 0 Å². The fourth-order valence-electron chi connectivity index (χ4n) is 2.25. The molecule has 0 atom stereocenters. The van der Waals surface area contributed by atoms with Gasteiger partial charge in [-0.2, -0.15) is 5.26 Å². The molecule has 0 fully saturated rings. The van der Waals surface area contributed by atoms with Crippen LogP contribution in [0.15, 0.2) is 18.2 Å². The lowest BCUT2D eigenvalue weighted by Gasteiger charge is -2.28. The van der Waals surface area contributed by atoms with Crippen molar-refractivity contribution in [2.45, 2.75) is 20.4 Å². The molecule has 104 valence electrons. The Morgan fingerprint density at radius 1 is 1.37 bits per heavy atom. The zero-order chi connectivity index (χ0) is 14.5. The highest BCUT2D eigenvalue weighted by Crippen LogP contribution is 2.16. The number of nitriles is 1. The molecule has 0 spiro atoms. The average molecular weight is 263 g/mol. The zero-order valence-electron chi connectivity index (χ0n) is 12.1. The van der Waals surface area contributed by atoms with Crippen LogP contribution >= 0.6 is 0 Å². The molecule has 0 aromatic heterocycles. The largest absolute Gasteiger partial charge is 0.312 e. The van der Waals surface area contributed by atoms with E-state index in [0.29, 0.717) is 12.1 Å². The normalized spacial score (nSPS) is 11.6. The molecule has 0 aliphatic heterocycles. The van der Waals surface area contributed by atoms with Crippen molar-refractivity contribution in [3.05, 3.63) is 35.1 Å². The van der Waals surface area contributed by atoms with Crippen molar-refractivity contribution in [1.29, 1.82) is 5.26 Å². The molecule has 0 saturated heterocycles. The molecule has 0 unspecified atom stereocenters. The summed E-state index contributed by atoms with van der Waals surface area (Å²) in [7, 11) is 4.08. The average Bonchev–Trinajstić information content (AvgIpc) is 2.29. The van der Waals surface area contributed by atoms with Gasteiger partial charge in [0.2, 0.25) is 0 Å². The van der Waals surface area contributed by atoms with E-state index in [2.05, 4.69) is 24.1 Å². The summed E-state index contributed by atoms with van der Waals surface area (Å²) in [4.78, 5) is 2.14. The van der Waals surface area contributed by atoms with Crippen molar-refractivity contribution in [3.8, 4) is 6.07 Å². The molecule has 1 rings (SSSR count). The highest BCUT2D eigenvalue weighted by atomic mass is 19.1. The molecule has 0 aliphatic carbocycles. The molecule has 19 heavy (non-hydrogen) atoms. The number of hydrogen-bond donors (Lipinski definition) is 1. The maximum absolute atomic E-state index is 13.8. The van der Waals surface area contributed by atoms with E-state index in [9.17, 15) is 4.39 Å². The van der Waals surface area contributed by atoms with Crippen LogP contribution in [0.2, 0.25) is 0 Å². The van der Waals surface area contributed by atoms with Gasteiger partial charge in [-0.15, -0.1) is 0 Å². The van der Waals surface area contributed by atoms with E-state index in [1.165, 1.54) is 6.07 Å². The first-order chi connectivity index (χ1) is 8.85. The van der Waals surface area contributed by atoms with E-state index in [-0.39, 0.29) is 11.0 Å². The fourth-order valence-corrected chi connectivity index (χ4v) is 2.25. The van der Waals surface area contributed by atoms with E-state index < -0.39 is 5.82 Å². The summed E-state index contributed by atoms with van der Waals surface area (Å²) in [5.74, 6) is -0.414. The van der Waals surface area contributed by atoms with Crippen LogP contribution in [0.4, 0.5) is 4.39 Å². The van der Waals surface area contributed by atoms with Crippen LogP contribution in [-0.2, 0) is 6.54 Å². The van der Waals surface area contributed by atoms with Gasteiger partial charge in [-0.1, -0.05) is 26.0 Å². The summed E-state index contributed by atoms with van der Waals surface area (Å²) >= 11 is 0. The molecule has 0 heterocycles. The highest BCUT2D eigenvalue weighted by molar-refractivity contribution is 5.34. The molecule has 0 bridgehead atoms. The Morgan fingerprint density at radius 2 is 2.05 bits per heavy atom. The molecular formula is C15H22FN3. The Balaban J connectivity index is 2.57. The highest BCUT2D eigenvalue weighted by Gasteiger charge is 2.18. The monoisotopic (exact) mass is 263 g/mol. The van der Waals surface area contributed by atoms with Crippen molar-refractivity contribution >= 4 is 0 Å². The van der Waals surface area contributed by atoms with Gasteiger partial charge in [-0.25, -0.2) is 4.39 Å². The van der Waals surface area contributed by atoms with Crippen molar-refractivity contribution in [1.82, 2.24) is 10.2 Å². The Bertz CT molecular complexity index is 461. The van der Waals surface area contributed by atoms with E-state index in [0.717, 1.165) is 13.1 Å². The summed E-state index contributed by atoms with van der Waals surface area (Å²) in [6.45, 7) is 6.53. The molecule has 3 nitrogen and oxygen atoms in total. The standard InChI is InChI=1S/C15H22FN3/c1-15(2,11-19(3)4)10-18-9-13-7-5-6-12(8-17)14(13)16/h5-7,18H,9-11H2,1-4H3. The molecular weight excluding hydrogens is 241 g/mol. The third-order valence-corrected chi connectivity index (χ3v) is 2.86. The molecule has 4 heteroatoms. The second-order valence-electron chi connectivity index (χ2n) is 5.90. The SMILES string of the molecule is CN(C)CC(C)(C)CNCc1cccc(C#N)c1F. The quantitative estimate of drug-likeness (QED) is 0.856. The first kappa shape index (κ1) is 15.6. The van der Waals surface area contributed by atoms with E-state index >= 15 is 0 Å². The first-order valence-electron chi connectivity index (χ1n) is 6.39. The predicted molar refractivity (Wildman–Crippen MR) is 75.2 cm³/mol. The number of hydrogen-bond acceptors (Lipinski definition) is 3. The summed E-state index contributed by atoms with van der Waals surface area (Å²) in [5.41, 5.74) is 0.763. The molecule has 1 N–H and O–H groups in total. The number of benzene rings is 1. The number of nitrogens with one attached hydrogen (secondary N) is 1. The number of nitrogens with zero attached hydrogens (tertiary/aromatic N) is 2. The maximum atomic E-state index is 13.8. The minimum atomic E-state index is -0.414. The van der Waals surface area contributed by atoms with Crippen LogP contribution in [0.5, 0.6) is 0 Å². The Morgan fingerprint density at radius 3 is 2.63 bits per heavy atom. The fraction of sp³-hybridized carbons (Fsp3) is 0.533. The molecule has 1 aromatic carbocycles. The van der Waals surface area contributed by atoms with Crippen LogP contribution in [0.1, 0.15) is 25.0 Å². The van der Waals surface area contributed by atoms with Crippen molar-refractivity contribution in [2.75, 3.05) is 27.2 Å². The van der Waals surface area contributed by atoms with Crippen LogP contribution in [0, 0.1) is 22.6 Å². The van der Waals surface area contributed by atoms with Crippen molar-refractivity contribution < 1.29 is 4.39 Å². The summed E-state index contributed by atoms with van der Waals surface area (Å²) < 4.78 is 13.8. The number of halogens is 1. The third kappa shape index (κ3) is 4.98. The topological polar surface area (TPSA) is 39.1 Å². The van der Waals surface area contributed by atoms with Gasteiger partial charge in [0, 0.05) is 25.2 Å². The molecule has 0 aliphatic rings. The van der Waals surface area contributed by atoms with Crippen molar-refractivity contribution in [2.24, 2.45) is 5.41 Å². The van der Waals surface area contributed by atoms with Gasteiger partial charge < -0.3 is 10.2 Å². The second kappa shape index (κ2) is 6.65. The van der Waals surface area contributed by atoms with Crippen LogP contribution < -0.4 is 5.32 Å². The zero-order valence-corrected chi connectivity index (χ0v) is 12.1. The van der Waals surface area contributed by atoms with E-state index in [4.69, 9.17) is 5.26 Å². The lowest BCUT2D eigenvalue weighted by molar-refractivity contribution is 0.232. The van der Waals surface area contributed by atoms with Gasteiger partial charge >= 0.3 is 0 Å². The van der Waals surface area contributed by atoms with Crippen LogP contribution in [-0.4, -0.2) is 32.1 Å². The Labute approximate surface area is 115 Å². The van der Waals surface area contributed by atoms with Gasteiger partial charge in [-0.05, 0) is 25.6 Å². The summed E-state index contributed by atoms with van der Waals surface area (Å²) in [6.07, 6.45) is 0. The third-order valence-electron chi connectivity index (χ3n) is 2.86. The minimum Gasteiger partial charge on any atom is -0.312 e. The van der Waals surface area contributed by atoms with Crippen molar-refractivity contribution in [3.63, 3.8) is 0 Å².